The first-order valence-electron chi connectivity index (χ1n) is 10.1. The summed E-state index contributed by atoms with van der Waals surface area (Å²) in [5, 5.41) is 16.3. The second-order valence-corrected chi connectivity index (χ2v) is 7.38. The van der Waals surface area contributed by atoms with Crippen LogP contribution in [0.3, 0.4) is 0 Å². The average Bonchev–Trinajstić information content (AvgIpc) is 2.82. The lowest BCUT2D eigenvalue weighted by Crippen LogP contribution is -2.40. The number of aryl methyl sites for hydroxylation is 1. The number of esters is 1. The van der Waals surface area contributed by atoms with Gasteiger partial charge in [-0.25, -0.2) is 9.80 Å². The Morgan fingerprint density at radius 2 is 1.88 bits per heavy atom. The number of fused-ring (bicyclic) bond motifs is 1. The van der Waals surface area contributed by atoms with E-state index in [1.54, 1.807) is 36.4 Å². The molecule has 2 amide bonds. The molecule has 2 aromatic rings. The van der Waals surface area contributed by atoms with Gasteiger partial charge in [-0.3, -0.25) is 19.7 Å². The molecule has 2 aromatic carbocycles. The molecular formula is C22H20N4O6. The van der Waals surface area contributed by atoms with Crippen molar-refractivity contribution in [2.24, 2.45) is 5.10 Å². The van der Waals surface area contributed by atoms with Gasteiger partial charge < -0.3 is 9.64 Å². The van der Waals surface area contributed by atoms with Gasteiger partial charge in [-0.15, -0.1) is 0 Å². The maximum Gasteiger partial charge on any atom is 0.355 e. The van der Waals surface area contributed by atoms with Crippen molar-refractivity contribution in [3.05, 3.63) is 64.2 Å². The average molecular weight is 436 g/mol. The molecule has 0 N–H and O–H groups in total. The number of hydrogen-bond acceptors (Lipinski definition) is 7. The van der Waals surface area contributed by atoms with Gasteiger partial charge in [-0.05, 0) is 36.6 Å². The Hall–Kier alpha value is -4.08. The van der Waals surface area contributed by atoms with Gasteiger partial charge in [0, 0.05) is 37.2 Å². The van der Waals surface area contributed by atoms with Crippen LogP contribution in [0.15, 0.2) is 53.6 Å². The van der Waals surface area contributed by atoms with Gasteiger partial charge in [0.1, 0.15) is 5.71 Å². The van der Waals surface area contributed by atoms with E-state index in [1.807, 2.05) is 0 Å². The molecule has 0 saturated carbocycles. The van der Waals surface area contributed by atoms with Gasteiger partial charge in [0.2, 0.25) is 5.91 Å². The molecule has 0 saturated heterocycles. The highest BCUT2D eigenvalue weighted by atomic mass is 16.6. The molecule has 2 aliphatic heterocycles. The molecule has 0 aromatic heterocycles. The maximum absolute atomic E-state index is 12.7. The van der Waals surface area contributed by atoms with Crippen LogP contribution in [0.2, 0.25) is 0 Å². The van der Waals surface area contributed by atoms with E-state index in [4.69, 9.17) is 4.74 Å². The fourth-order valence-corrected chi connectivity index (χ4v) is 3.72. The number of nitrogens with zero attached hydrogens (tertiary/aromatic N) is 4. The number of carbonyl (C=O) groups is 3. The fourth-order valence-electron chi connectivity index (χ4n) is 3.72. The summed E-state index contributed by atoms with van der Waals surface area (Å²) in [4.78, 5) is 49.4. The zero-order valence-corrected chi connectivity index (χ0v) is 17.1. The van der Waals surface area contributed by atoms with Crippen LogP contribution in [-0.2, 0) is 25.5 Å². The largest absolute Gasteiger partial charge is 0.451 e. The van der Waals surface area contributed by atoms with E-state index in [9.17, 15) is 24.5 Å². The summed E-state index contributed by atoms with van der Waals surface area (Å²) in [6, 6.07) is 13.1. The predicted octanol–water partition coefficient (Wildman–Crippen LogP) is 2.60. The third kappa shape index (κ3) is 4.34. The summed E-state index contributed by atoms with van der Waals surface area (Å²) in [5.41, 5.74) is 1.86. The number of amides is 2. The Kier molecular flexibility index (Phi) is 5.93. The van der Waals surface area contributed by atoms with Gasteiger partial charge in [0.05, 0.1) is 10.6 Å². The summed E-state index contributed by atoms with van der Waals surface area (Å²) in [5.74, 6) is -1.42. The quantitative estimate of drug-likeness (QED) is 0.403. The maximum atomic E-state index is 12.7. The summed E-state index contributed by atoms with van der Waals surface area (Å²) in [6.45, 7) is -0.0635. The Morgan fingerprint density at radius 1 is 1.09 bits per heavy atom. The lowest BCUT2D eigenvalue weighted by Gasteiger charge is -2.29. The SMILES string of the molecule is O=C(OCC(=O)N1CCCc2cc([N+](=O)[O-])ccc21)C1=NN(c2ccccc2)C(=O)CC1. The number of non-ortho nitro benzene ring substituents is 1. The van der Waals surface area contributed by atoms with Crippen LogP contribution < -0.4 is 9.91 Å². The number of ether oxygens (including phenoxy) is 1. The van der Waals surface area contributed by atoms with E-state index in [1.165, 1.54) is 17.0 Å². The molecule has 2 aliphatic rings. The van der Waals surface area contributed by atoms with E-state index in [2.05, 4.69) is 5.10 Å². The normalized spacial score (nSPS) is 15.6. The highest BCUT2D eigenvalue weighted by molar-refractivity contribution is 6.38. The second-order valence-electron chi connectivity index (χ2n) is 7.38. The van der Waals surface area contributed by atoms with Gasteiger partial charge in [-0.1, -0.05) is 18.2 Å². The van der Waals surface area contributed by atoms with Crippen molar-refractivity contribution in [2.45, 2.75) is 25.7 Å². The lowest BCUT2D eigenvalue weighted by atomic mass is 10.0. The van der Waals surface area contributed by atoms with Crippen LogP contribution in [0.25, 0.3) is 0 Å². The summed E-state index contributed by atoms with van der Waals surface area (Å²) < 4.78 is 5.19. The topological polar surface area (TPSA) is 122 Å². The van der Waals surface area contributed by atoms with Crippen LogP contribution in [0.4, 0.5) is 17.1 Å². The number of hydrogen-bond donors (Lipinski definition) is 0. The van der Waals surface area contributed by atoms with Crippen molar-refractivity contribution < 1.29 is 24.0 Å². The second kappa shape index (κ2) is 8.96. The number of hydrazone groups is 1. The highest BCUT2D eigenvalue weighted by Gasteiger charge is 2.29. The first-order chi connectivity index (χ1) is 15.4. The summed E-state index contributed by atoms with van der Waals surface area (Å²) in [6.07, 6.45) is 1.51. The molecule has 0 fully saturated rings. The number of para-hydroxylation sites is 1. The summed E-state index contributed by atoms with van der Waals surface area (Å²) >= 11 is 0. The zero-order chi connectivity index (χ0) is 22.7. The number of carbonyl (C=O) groups excluding carboxylic acids is 3. The Bertz CT molecular complexity index is 1110. The minimum absolute atomic E-state index is 0.0303. The van der Waals surface area contributed by atoms with Crippen molar-refractivity contribution in [3.8, 4) is 0 Å². The zero-order valence-electron chi connectivity index (χ0n) is 17.1. The number of anilines is 2. The molecule has 10 heteroatoms. The van der Waals surface area contributed by atoms with Crippen molar-refractivity contribution >= 4 is 40.6 Å². The molecule has 10 nitrogen and oxygen atoms in total. The van der Waals surface area contributed by atoms with Gasteiger partial charge in [0.15, 0.2) is 6.61 Å². The van der Waals surface area contributed by atoms with E-state index in [0.29, 0.717) is 36.3 Å². The van der Waals surface area contributed by atoms with Crippen LogP contribution in [-0.4, -0.2) is 41.6 Å². The van der Waals surface area contributed by atoms with Crippen LogP contribution >= 0.6 is 0 Å². The molecule has 0 aliphatic carbocycles. The van der Waals surface area contributed by atoms with Crippen LogP contribution in [0, 0.1) is 10.1 Å². The Morgan fingerprint density at radius 3 is 2.62 bits per heavy atom. The monoisotopic (exact) mass is 436 g/mol. The summed E-state index contributed by atoms with van der Waals surface area (Å²) in [7, 11) is 0. The molecule has 0 bridgehead atoms. The van der Waals surface area contributed by atoms with Gasteiger partial charge >= 0.3 is 5.97 Å². The third-order valence-electron chi connectivity index (χ3n) is 5.29. The molecule has 2 heterocycles. The third-order valence-corrected chi connectivity index (χ3v) is 5.29. The van der Waals surface area contributed by atoms with E-state index in [-0.39, 0.29) is 30.1 Å². The number of nitro groups is 1. The van der Waals surface area contributed by atoms with E-state index >= 15 is 0 Å². The van der Waals surface area contributed by atoms with Crippen molar-refractivity contribution in [1.29, 1.82) is 0 Å². The van der Waals surface area contributed by atoms with Crippen LogP contribution in [0.1, 0.15) is 24.8 Å². The number of nitro benzene ring substituents is 1. The molecule has 4 rings (SSSR count). The molecule has 0 spiro atoms. The van der Waals surface area contributed by atoms with Crippen molar-refractivity contribution in [2.75, 3.05) is 23.1 Å². The molecule has 32 heavy (non-hydrogen) atoms. The van der Waals surface area contributed by atoms with Crippen molar-refractivity contribution in [3.63, 3.8) is 0 Å². The first kappa shape index (κ1) is 21.2. The van der Waals surface area contributed by atoms with Gasteiger partial charge in [0.25, 0.3) is 11.6 Å². The number of benzene rings is 2. The standard InChI is InChI=1S/C22H20N4O6/c27-20-11-9-18(23-25(20)16-6-2-1-3-7-16)22(29)32-14-21(28)24-12-4-5-15-13-17(26(30)31)8-10-19(15)24/h1-3,6-8,10,13H,4-5,9,11-12,14H2. The fraction of sp³-hybridized carbons (Fsp3) is 0.273. The Balaban J connectivity index is 1.43. The highest BCUT2D eigenvalue weighted by Crippen LogP contribution is 2.30. The molecule has 0 unspecified atom stereocenters. The van der Waals surface area contributed by atoms with E-state index in [0.717, 1.165) is 5.01 Å². The lowest BCUT2D eigenvalue weighted by molar-refractivity contribution is -0.384. The molecule has 164 valence electrons. The molecular weight excluding hydrogens is 416 g/mol. The first-order valence-corrected chi connectivity index (χ1v) is 10.1. The van der Waals surface area contributed by atoms with E-state index < -0.39 is 23.4 Å². The van der Waals surface area contributed by atoms with Gasteiger partial charge in [-0.2, -0.15) is 5.10 Å². The minimum Gasteiger partial charge on any atom is -0.451 e. The Labute approximate surface area is 183 Å². The minimum atomic E-state index is -0.757. The smallest absolute Gasteiger partial charge is 0.355 e. The van der Waals surface area contributed by atoms with Crippen LogP contribution in [0.5, 0.6) is 0 Å². The number of rotatable bonds is 5. The molecule has 0 radical (unpaired) electrons. The molecule has 0 atom stereocenters. The predicted molar refractivity (Wildman–Crippen MR) is 115 cm³/mol. The van der Waals surface area contributed by atoms with Crippen molar-refractivity contribution in [1.82, 2.24) is 0 Å².